The van der Waals surface area contributed by atoms with E-state index in [2.05, 4.69) is 51.0 Å². The fraction of sp³-hybridized carbons (Fsp3) is 0.333. The van der Waals surface area contributed by atoms with Gasteiger partial charge in [0.05, 0.1) is 16.9 Å². The lowest BCUT2D eigenvalue weighted by atomic mass is 9.99. The molecule has 4 aromatic rings. The SMILES string of the molecule is Cn1nc(C(=O)Nc2cccc3c2N(Cc2ccc(OC4CCNCC4)cc2)CCC3)c2ccccc21. The van der Waals surface area contributed by atoms with Crippen molar-refractivity contribution in [1.82, 2.24) is 15.1 Å². The number of carbonyl (C=O) groups is 1. The molecule has 0 radical (unpaired) electrons. The van der Waals surface area contributed by atoms with Crippen molar-refractivity contribution in [2.75, 3.05) is 29.9 Å². The lowest BCUT2D eigenvalue weighted by Gasteiger charge is -2.33. The standard InChI is InChI=1S/C30H33N5O2/c1-34-27-10-3-2-8-25(27)28(33-34)30(36)32-26-9-4-6-22-7-5-19-35(29(22)26)20-21-11-13-23(14-12-21)37-24-15-17-31-18-16-24/h2-4,6,8-14,24,31H,5,7,15-20H2,1H3,(H,32,36). The molecule has 1 fully saturated rings. The molecule has 37 heavy (non-hydrogen) atoms. The average Bonchev–Trinajstić information content (AvgIpc) is 3.27. The molecule has 6 rings (SSSR count). The Labute approximate surface area is 217 Å². The van der Waals surface area contributed by atoms with Crippen LogP contribution in [0, 0.1) is 0 Å². The van der Waals surface area contributed by atoms with Crippen molar-refractivity contribution < 1.29 is 9.53 Å². The number of para-hydroxylation sites is 2. The Morgan fingerprint density at radius 3 is 2.70 bits per heavy atom. The van der Waals surface area contributed by atoms with Gasteiger partial charge in [0.15, 0.2) is 5.69 Å². The summed E-state index contributed by atoms with van der Waals surface area (Å²) in [6, 6.07) is 22.5. The number of benzene rings is 3. The highest BCUT2D eigenvalue weighted by atomic mass is 16.5. The first-order chi connectivity index (χ1) is 18.2. The Kier molecular flexibility index (Phi) is 6.53. The summed E-state index contributed by atoms with van der Waals surface area (Å²) in [4.78, 5) is 15.8. The summed E-state index contributed by atoms with van der Waals surface area (Å²) in [6.07, 6.45) is 4.49. The number of rotatable bonds is 6. The topological polar surface area (TPSA) is 71.4 Å². The molecule has 2 aliphatic heterocycles. The molecule has 1 amide bonds. The van der Waals surface area contributed by atoms with Crippen LogP contribution in [-0.2, 0) is 20.0 Å². The molecule has 3 aromatic carbocycles. The normalized spacial score (nSPS) is 16.0. The number of nitrogens with zero attached hydrogens (tertiary/aromatic N) is 3. The van der Waals surface area contributed by atoms with Gasteiger partial charge < -0.3 is 20.3 Å². The third-order valence-electron chi connectivity index (χ3n) is 7.42. The van der Waals surface area contributed by atoms with Gasteiger partial charge in [-0.1, -0.05) is 42.5 Å². The molecule has 0 unspecified atom stereocenters. The highest BCUT2D eigenvalue weighted by Crippen LogP contribution is 2.36. The van der Waals surface area contributed by atoms with Gasteiger partial charge in [0.25, 0.3) is 5.91 Å². The molecule has 2 aliphatic rings. The lowest BCUT2D eigenvalue weighted by Crippen LogP contribution is -2.34. The van der Waals surface area contributed by atoms with E-state index in [1.54, 1.807) is 4.68 Å². The molecule has 0 spiro atoms. The van der Waals surface area contributed by atoms with E-state index in [9.17, 15) is 4.79 Å². The number of hydrogen-bond donors (Lipinski definition) is 2. The van der Waals surface area contributed by atoms with Crippen LogP contribution in [-0.4, -0.2) is 41.4 Å². The Hall–Kier alpha value is -3.84. The lowest BCUT2D eigenvalue weighted by molar-refractivity contribution is 0.102. The van der Waals surface area contributed by atoms with E-state index >= 15 is 0 Å². The Balaban J connectivity index is 1.21. The van der Waals surface area contributed by atoms with Gasteiger partial charge in [0.2, 0.25) is 0 Å². The fourth-order valence-electron chi connectivity index (χ4n) is 5.56. The van der Waals surface area contributed by atoms with Crippen LogP contribution in [0.25, 0.3) is 10.9 Å². The second-order valence-corrected chi connectivity index (χ2v) is 9.99. The maximum Gasteiger partial charge on any atom is 0.276 e. The quantitative estimate of drug-likeness (QED) is 0.398. The minimum Gasteiger partial charge on any atom is -0.490 e. The summed E-state index contributed by atoms with van der Waals surface area (Å²) in [6.45, 7) is 3.76. The van der Waals surface area contributed by atoms with Gasteiger partial charge >= 0.3 is 0 Å². The molecule has 0 atom stereocenters. The number of nitrogens with one attached hydrogen (secondary N) is 2. The molecule has 0 bridgehead atoms. The van der Waals surface area contributed by atoms with E-state index in [-0.39, 0.29) is 5.91 Å². The number of hydrogen-bond acceptors (Lipinski definition) is 5. The molecule has 7 heteroatoms. The van der Waals surface area contributed by atoms with Crippen LogP contribution < -0.4 is 20.3 Å². The molecule has 2 N–H and O–H groups in total. The maximum atomic E-state index is 13.4. The summed E-state index contributed by atoms with van der Waals surface area (Å²) < 4.78 is 7.94. The highest BCUT2D eigenvalue weighted by molar-refractivity contribution is 6.12. The second kappa shape index (κ2) is 10.3. The largest absolute Gasteiger partial charge is 0.490 e. The van der Waals surface area contributed by atoms with E-state index in [1.807, 2.05) is 43.4 Å². The summed E-state index contributed by atoms with van der Waals surface area (Å²) in [5.41, 5.74) is 5.82. The molecule has 1 saturated heterocycles. The fourth-order valence-corrected chi connectivity index (χ4v) is 5.56. The van der Waals surface area contributed by atoms with Crippen molar-refractivity contribution >= 4 is 28.2 Å². The van der Waals surface area contributed by atoms with Crippen LogP contribution in [0.15, 0.2) is 66.7 Å². The van der Waals surface area contributed by atoms with Gasteiger partial charge in [-0.15, -0.1) is 0 Å². The number of aryl methyl sites for hydroxylation is 2. The predicted octanol–water partition coefficient (Wildman–Crippen LogP) is 4.91. The van der Waals surface area contributed by atoms with Crippen LogP contribution in [0.1, 0.15) is 40.9 Å². The maximum absolute atomic E-state index is 13.4. The number of ether oxygens (including phenoxy) is 1. The first-order valence-corrected chi connectivity index (χ1v) is 13.2. The summed E-state index contributed by atoms with van der Waals surface area (Å²) in [7, 11) is 1.87. The van der Waals surface area contributed by atoms with Crippen LogP contribution in [0.4, 0.5) is 11.4 Å². The van der Waals surface area contributed by atoms with Crippen molar-refractivity contribution in [3.8, 4) is 5.75 Å². The van der Waals surface area contributed by atoms with Crippen molar-refractivity contribution in [2.45, 2.75) is 38.3 Å². The van der Waals surface area contributed by atoms with Crippen LogP contribution in [0.5, 0.6) is 5.75 Å². The highest BCUT2D eigenvalue weighted by Gasteiger charge is 2.23. The zero-order valence-electron chi connectivity index (χ0n) is 21.2. The molecular weight excluding hydrogens is 462 g/mol. The van der Waals surface area contributed by atoms with E-state index in [1.165, 1.54) is 11.1 Å². The zero-order valence-corrected chi connectivity index (χ0v) is 21.2. The first-order valence-electron chi connectivity index (χ1n) is 13.2. The van der Waals surface area contributed by atoms with Gasteiger partial charge in [-0.25, -0.2) is 0 Å². The van der Waals surface area contributed by atoms with Gasteiger partial charge in [0.1, 0.15) is 11.9 Å². The van der Waals surface area contributed by atoms with Gasteiger partial charge in [-0.2, -0.15) is 5.10 Å². The number of anilines is 2. The summed E-state index contributed by atoms with van der Waals surface area (Å²) in [5, 5.41) is 11.9. The molecule has 3 heterocycles. The molecule has 7 nitrogen and oxygen atoms in total. The monoisotopic (exact) mass is 495 g/mol. The van der Waals surface area contributed by atoms with Gasteiger partial charge in [0, 0.05) is 25.5 Å². The van der Waals surface area contributed by atoms with Crippen molar-refractivity contribution in [1.29, 1.82) is 0 Å². The van der Waals surface area contributed by atoms with E-state index in [0.717, 1.165) is 79.9 Å². The summed E-state index contributed by atoms with van der Waals surface area (Å²) >= 11 is 0. The molecular formula is C30H33N5O2. The zero-order chi connectivity index (χ0) is 25.2. The van der Waals surface area contributed by atoms with Crippen LogP contribution in [0.2, 0.25) is 0 Å². The molecule has 0 saturated carbocycles. The molecule has 0 aliphatic carbocycles. The van der Waals surface area contributed by atoms with E-state index < -0.39 is 0 Å². The first kappa shape index (κ1) is 23.6. The molecule has 190 valence electrons. The van der Waals surface area contributed by atoms with Crippen molar-refractivity contribution in [2.24, 2.45) is 7.05 Å². The van der Waals surface area contributed by atoms with Crippen molar-refractivity contribution in [3.05, 3.63) is 83.6 Å². The number of piperidine rings is 1. The average molecular weight is 496 g/mol. The van der Waals surface area contributed by atoms with Gasteiger partial charge in [-0.05, 0) is 74.2 Å². The Bertz CT molecular complexity index is 1410. The smallest absolute Gasteiger partial charge is 0.276 e. The van der Waals surface area contributed by atoms with Gasteiger partial charge in [-0.3, -0.25) is 9.48 Å². The second-order valence-electron chi connectivity index (χ2n) is 9.99. The minimum absolute atomic E-state index is 0.185. The Morgan fingerprint density at radius 2 is 1.86 bits per heavy atom. The number of fused-ring (bicyclic) bond motifs is 2. The minimum atomic E-state index is -0.185. The number of aromatic nitrogens is 2. The predicted molar refractivity (Wildman–Crippen MR) is 147 cm³/mol. The van der Waals surface area contributed by atoms with Crippen LogP contribution >= 0.6 is 0 Å². The third-order valence-corrected chi connectivity index (χ3v) is 7.42. The van der Waals surface area contributed by atoms with E-state index in [0.29, 0.717) is 11.8 Å². The third kappa shape index (κ3) is 4.91. The Morgan fingerprint density at radius 1 is 1.05 bits per heavy atom. The molecule has 1 aromatic heterocycles. The number of carbonyl (C=O) groups excluding carboxylic acids is 1. The van der Waals surface area contributed by atoms with Crippen LogP contribution in [0.3, 0.4) is 0 Å². The van der Waals surface area contributed by atoms with Crippen molar-refractivity contribution in [3.63, 3.8) is 0 Å². The van der Waals surface area contributed by atoms with E-state index in [4.69, 9.17) is 4.74 Å². The summed E-state index contributed by atoms with van der Waals surface area (Å²) in [5.74, 6) is 0.750. The number of amides is 1.